The highest BCUT2D eigenvalue weighted by atomic mass is 19.4. The first-order chi connectivity index (χ1) is 7.66. The van der Waals surface area contributed by atoms with Crippen LogP contribution in [0.1, 0.15) is 13.8 Å². The number of nitrogens with zero attached hydrogens (tertiary/aromatic N) is 1. The second-order valence-electron chi connectivity index (χ2n) is 3.87. The molecule has 5 nitrogen and oxygen atoms in total. The lowest BCUT2D eigenvalue weighted by Crippen LogP contribution is -2.56. The van der Waals surface area contributed by atoms with Crippen LogP contribution in [0.5, 0.6) is 0 Å². The summed E-state index contributed by atoms with van der Waals surface area (Å²) in [7, 11) is 0. The predicted molar refractivity (Wildman–Crippen MR) is 51.6 cm³/mol. The van der Waals surface area contributed by atoms with E-state index in [1.807, 2.05) is 0 Å². The Bertz CT molecular complexity index is 330. The van der Waals surface area contributed by atoms with Crippen LogP contribution in [0.4, 0.5) is 13.2 Å². The zero-order chi connectivity index (χ0) is 13.3. The van der Waals surface area contributed by atoms with Crippen molar-refractivity contribution in [2.75, 3.05) is 6.61 Å². The topological polar surface area (TPSA) is 61.8 Å². The van der Waals surface area contributed by atoms with Crippen LogP contribution in [0.15, 0.2) is 12.3 Å². The minimum Gasteiger partial charge on any atom is -0.478 e. The summed E-state index contributed by atoms with van der Waals surface area (Å²) in [6.07, 6.45) is -2.19. The molecular weight excluding hydrogens is 241 g/mol. The Morgan fingerprint density at radius 1 is 1.59 bits per heavy atom. The summed E-state index contributed by atoms with van der Waals surface area (Å²) in [6.45, 7) is 1.86. The molecule has 0 aromatic rings. The van der Waals surface area contributed by atoms with E-state index in [-0.39, 0.29) is 6.04 Å². The number of nitrogens with one attached hydrogen (secondary N) is 1. The molecule has 0 aromatic carbocycles. The van der Waals surface area contributed by atoms with Crippen LogP contribution < -0.4 is 5.43 Å². The van der Waals surface area contributed by atoms with E-state index in [9.17, 15) is 18.0 Å². The van der Waals surface area contributed by atoms with Crippen molar-refractivity contribution in [1.82, 2.24) is 10.4 Å². The first-order valence-electron chi connectivity index (χ1n) is 4.86. The molecule has 17 heavy (non-hydrogen) atoms. The van der Waals surface area contributed by atoms with Crippen molar-refractivity contribution in [3.63, 3.8) is 0 Å². The van der Waals surface area contributed by atoms with Gasteiger partial charge in [0.1, 0.15) is 6.61 Å². The third kappa shape index (κ3) is 3.34. The fourth-order valence-electron chi connectivity index (χ4n) is 1.21. The number of ether oxygens (including phenoxy) is 1. The van der Waals surface area contributed by atoms with E-state index in [4.69, 9.17) is 5.11 Å². The third-order valence-electron chi connectivity index (χ3n) is 2.10. The van der Waals surface area contributed by atoms with Gasteiger partial charge in [-0.15, -0.1) is 0 Å². The van der Waals surface area contributed by atoms with Crippen LogP contribution in [0, 0.1) is 0 Å². The van der Waals surface area contributed by atoms with E-state index in [0.29, 0.717) is 0 Å². The van der Waals surface area contributed by atoms with E-state index in [2.05, 4.69) is 10.2 Å². The summed E-state index contributed by atoms with van der Waals surface area (Å²) < 4.78 is 40.5. The van der Waals surface area contributed by atoms with Crippen molar-refractivity contribution in [3.8, 4) is 0 Å². The van der Waals surface area contributed by atoms with E-state index in [1.54, 1.807) is 13.8 Å². The zero-order valence-electron chi connectivity index (χ0n) is 9.28. The highest BCUT2D eigenvalue weighted by molar-refractivity contribution is 5.80. The zero-order valence-corrected chi connectivity index (χ0v) is 9.28. The highest BCUT2D eigenvalue weighted by Gasteiger charge is 2.45. The van der Waals surface area contributed by atoms with Gasteiger partial charge in [0, 0.05) is 12.2 Å². The first-order valence-corrected chi connectivity index (χ1v) is 4.86. The number of carbonyl (C=O) groups is 1. The summed E-state index contributed by atoms with van der Waals surface area (Å²) >= 11 is 0. The van der Waals surface area contributed by atoms with Gasteiger partial charge in [-0.05, 0) is 19.9 Å². The van der Waals surface area contributed by atoms with Crippen LogP contribution >= 0.6 is 0 Å². The molecule has 2 N–H and O–H groups in total. The van der Waals surface area contributed by atoms with Crippen molar-refractivity contribution in [2.45, 2.75) is 31.8 Å². The van der Waals surface area contributed by atoms with Gasteiger partial charge in [-0.1, -0.05) is 0 Å². The summed E-state index contributed by atoms with van der Waals surface area (Å²) in [5, 5.41) is 10.3. The molecule has 0 radical (unpaired) electrons. The Hall–Kier alpha value is -1.28. The van der Waals surface area contributed by atoms with Crippen LogP contribution in [0.3, 0.4) is 0 Å². The molecule has 0 aromatic heterocycles. The van der Waals surface area contributed by atoms with Crippen LogP contribution in [0.25, 0.3) is 0 Å². The fraction of sp³-hybridized carbons (Fsp3) is 0.667. The molecule has 0 fully saturated rings. The minimum absolute atomic E-state index is 0.109. The lowest BCUT2D eigenvalue weighted by molar-refractivity contribution is -0.214. The van der Waals surface area contributed by atoms with Crippen LogP contribution in [0.2, 0.25) is 0 Å². The van der Waals surface area contributed by atoms with Crippen molar-refractivity contribution in [1.29, 1.82) is 0 Å². The molecule has 0 amide bonds. The molecule has 1 heterocycles. The first kappa shape index (κ1) is 13.8. The number of halogens is 3. The third-order valence-corrected chi connectivity index (χ3v) is 2.10. The summed E-state index contributed by atoms with van der Waals surface area (Å²) in [4.78, 5) is 11.0. The number of rotatable bonds is 4. The van der Waals surface area contributed by atoms with E-state index in [0.717, 1.165) is 6.08 Å². The lowest BCUT2D eigenvalue weighted by atomic mass is 10.2. The number of carboxylic acid groups (broad SMARTS) is 1. The van der Waals surface area contributed by atoms with Crippen molar-refractivity contribution in [3.05, 3.63) is 12.3 Å². The van der Waals surface area contributed by atoms with Gasteiger partial charge in [0.25, 0.3) is 5.72 Å². The second kappa shape index (κ2) is 4.53. The molecule has 0 saturated heterocycles. The van der Waals surface area contributed by atoms with Crippen LogP contribution in [-0.2, 0) is 9.53 Å². The second-order valence-corrected chi connectivity index (χ2v) is 3.87. The normalized spacial score (nSPS) is 24.7. The smallest absolute Gasteiger partial charge is 0.411 e. The number of hydrazine groups is 1. The Kier molecular flexibility index (Phi) is 3.68. The number of alkyl halides is 3. The molecule has 0 bridgehead atoms. The Morgan fingerprint density at radius 3 is 2.53 bits per heavy atom. The van der Waals surface area contributed by atoms with E-state index < -0.39 is 24.5 Å². The van der Waals surface area contributed by atoms with Gasteiger partial charge in [0.15, 0.2) is 0 Å². The molecule has 0 spiro atoms. The molecule has 1 aliphatic heterocycles. The van der Waals surface area contributed by atoms with Gasteiger partial charge in [-0.3, -0.25) is 0 Å². The molecule has 98 valence electrons. The minimum atomic E-state index is -4.58. The van der Waals surface area contributed by atoms with Crippen molar-refractivity contribution < 1.29 is 27.8 Å². The summed E-state index contributed by atoms with van der Waals surface area (Å²) in [5.74, 6) is -1.53. The lowest BCUT2D eigenvalue weighted by Gasteiger charge is -2.29. The van der Waals surface area contributed by atoms with E-state index in [1.165, 1.54) is 11.2 Å². The highest BCUT2D eigenvalue weighted by Crippen LogP contribution is 2.23. The molecular formula is C9H13F3N2O3. The number of hydrogen-bond acceptors (Lipinski definition) is 4. The molecule has 1 unspecified atom stereocenters. The molecule has 1 rings (SSSR count). The average Bonchev–Trinajstić information content (AvgIpc) is 2.59. The Balaban J connectivity index is 2.74. The summed E-state index contributed by atoms with van der Waals surface area (Å²) in [5.41, 5.74) is 0.223. The largest absolute Gasteiger partial charge is 0.478 e. The van der Waals surface area contributed by atoms with E-state index >= 15 is 0 Å². The fourth-order valence-corrected chi connectivity index (χ4v) is 1.21. The Labute approximate surface area is 95.8 Å². The molecule has 0 aliphatic carbocycles. The van der Waals surface area contributed by atoms with Crippen molar-refractivity contribution in [2.24, 2.45) is 0 Å². The van der Waals surface area contributed by atoms with Gasteiger partial charge < -0.3 is 14.9 Å². The molecule has 0 saturated carbocycles. The molecule has 8 heteroatoms. The number of hydrogen-bond donors (Lipinski definition) is 2. The van der Waals surface area contributed by atoms with Gasteiger partial charge in [-0.25, -0.2) is 4.79 Å². The summed E-state index contributed by atoms with van der Waals surface area (Å²) in [6, 6.07) is -0.109. The van der Waals surface area contributed by atoms with Gasteiger partial charge >= 0.3 is 12.1 Å². The SMILES string of the molecule is CC(C)N1C=CC(OCC(F)(F)F)(C(=O)O)N1. The molecule has 1 aliphatic rings. The van der Waals surface area contributed by atoms with Crippen molar-refractivity contribution >= 4 is 5.97 Å². The molecule has 1 atom stereocenters. The van der Waals surface area contributed by atoms with Gasteiger partial charge in [-0.2, -0.15) is 18.6 Å². The predicted octanol–water partition coefficient (Wildman–Crippen LogP) is 1.09. The average molecular weight is 254 g/mol. The van der Waals surface area contributed by atoms with Gasteiger partial charge in [0.2, 0.25) is 0 Å². The standard InChI is InChI=1S/C9H13F3N2O3/c1-6(2)14-4-3-8(13-14,7(15)16)17-5-9(10,11)12/h3-4,6,13H,5H2,1-2H3,(H,15,16). The maximum Gasteiger partial charge on any atom is 0.411 e. The van der Waals surface area contributed by atoms with Crippen LogP contribution in [-0.4, -0.2) is 40.6 Å². The van der Waals surface area contributed by atoms with Gasteiger partial charge in [0.05, 0.1) is 0 Å². The quantitative estimate of drug-likeness (QED) is 0.786. The maximum atomic E-state index is 12.0. The maximum absolute atomic E-state index is 12.0. The monoisotopic (exact) mass is 254 g/mol. The number of carboxylic acids is 1. The Morgan fingerprint density at radius 2 is 2.18 bits per heavy atom. The number of aliphatic carboxylic acids is 1.